The van der Waals surface area contributed by atoms with Crippen molar-refractivity contribution in [2.75, 3.05) is 45.2 Å². The lowest BCUT2D eigenvalue weighted by molar-refractivity contribution is 0.178. The summed E-state index contributed by atoms with van der Waals surface area (Å²) in [5.41, 5.74) is 1.54. The van der Waals surface area contributed by atoms with E-state index in [1.54, 1.807) is 14.0 Å². The van der Waals surface area contributed by atoms with Crippen LogP contribution in [-0.4, -0.2) is 61.0 Å². The average Bonchev–Trinajstić information content (AvgIpc) is 3.30. The molecule has 146 valence electrons. The quantitative estimate of drug-likeness (QED) is 0.691. The largest absolute Gasteiger partial charge is 0.421 e. The lowest BCUT2D eigenvalue weighted by Gasteiger charge is -2.16. The van der Waals surface area contributed by atoms with Crippen LogP contribution in [-0.2, 0) is 4.74 Å². The van der Waals surface area contributed by atoms with Crippen LogP contribution in [0.15, 0.2) is 28.7 Å². The number of urea groups is 1. The van der Waals surface area contributed by atoms with E-state index in [0.29, 0.717) is 24.2 Å². The number of likely N-dealkylation sites (tertiary alicyclic amines) is 1. The number of aryl methyl sites for hydroxylation is 1. The van der Waals surface area contributed by atoms with E-state index in [2.05, 4.69) is 25.7 Å². The number of hydrogen-bond donors (Lipinski definition) is 2. The summed E-state index contributed by atoms with van der Waals surface area (Å²) in [4.78, 5) is 14.6. The van der Waals surface area contributed by atoms with Gasteiger partial charge in [-0.05, 0) is 49.6 Å². The molecule has 3 rings (SSSR count). The minimum atomic E-state index is -0.186. The van der Waals surface area contributed by atoms with Crippen molar-refractivity contribution >= 4 is 11.7 Å². The number of methoxy groups -OCH3 is 1. The molecule has 1 atom stereocenters. The molecular formula is C19H27N5O3. The third kappa shape index (κ3) is 5.77. The fraction of sp³-hybridized carbons (Fsp3) is 0.526. The summed E-state index contributed by atoms with van der Waals surface area (Å²) >= 11 is 0. The number of ether oxygens (including phenoxy) is 1. The van der Waals surface area contributed by atoms with Crippen LogP contribution in [0.25, 0.3) is 11.5 Å². The number of carbonyl (C=O) groups is 1. The first-order valence-corrected chi connectivity index (χ1v) is 9.30. The Morgan fingerprint density at radius 3 is 2.85 bits per heavy atom. The van der Waals surface area contributed by atoms with E-state index in [-0.39, 0.29) is 6.03 Å². The minimum absolute atomic E-state index is 0.186. The molecule has 0 aliphatic carbocycles. The van der Waals surface area contributed by atoms with Gasteiger partial charge in [-0.15, -0.1) is 10.2 Å². The van der Waals surface area contributed by atoms with E-state index >= 15 is 0 Å². The van der Waals surface area contributed by atoms with Crippen LogP contribution in [0.4, 0.5) is 10.5 Å². The van der Waals surface area contributed by atoms with Crippen molar-refractivity contribution in [3.63, 3.8) is 0 Å². The van der Waals surface area contributed by atoms with Crippen molar-refractivity contribution < 1.29 is 13.9 Å². The van der Waals surface area contributed by atoms with Crippen molar-refractivity contribution in [3.05, 3.63) is 30.2 Å². The molecule has 27 heavy (non-hydrogen) atoms. The van der Waals surface area contributed by atoms with Crippen LogP contribution in [0.3, 0.4) is 0 Å². The van der Waals surface area contributed by atoms with Crippen LogP contribution in [0, 0.1) is 12.8 Å². The standard InChI is InChI=1S/C19H27N5O3/c1-14-22-23-18(27-14)16-4-6-17(7-5-16)21-19(25)20-12-15-8-10-24(13-15)9-3-11-26-2/h4-7,15H,3,8-13H2,1-2H3,(H2,20,21,25)/t15-/m0/s1. The predicted octanol–water partition coefficient (Wildman–Crippen LogP) is 2.52. The van der Waals surface area contributed by atoms with E-state index in [0.717, 1.165) is 50.3 Å². The highest BCUT2D eigenvalue weighted by Gasteiger charge is 2.22. The number of carbonyl (C=O) groups excluding carboxylic acids is 1. The Labute approximate surface area is 159 Å². The third-order valence-corrected chi connectivity index (χ3v) is 4.66. The van der Waals surface area contributed by atoms with Crippen LogP contribution >= 0.6 is 0 Å². The van der Waals surface area contributed by atoms with Crippen molar-refractivity contribution in [1.82, 2.24) is 20.4 Å². The molecule has 1 aliphatic heterocycles. The molecule has 8 heteroatoms. The zero-order chi connectivity index (χ0) is 19.1. The molecule has 0 unspecified atom stereocenters. The second-order valence-electron chi connectivity index (χ2n) is 6.84. The van der Waals surface area contributed by atoms with Gasteiger partial charge >= 0.3 is 6.03 Å². The van der Waals surface area contributed by atoms with Crippen molar-refractivity contribution in [2.45, 2.75) is 19.8 Å². The van der Waals surface area contributed by atoms with Gasteiger partial charge in [-0.25, -0.2) is 4.79 Å². The number of aromatic nitrogens is 2. The number of rotatable bonds is 8. The smallest absolute Gasteiger partial charge is 0.319 e. The Balaban J connectivity index is 1.39. The van der Waals surface area contributed by atoms with Crippen LogP contribution in [0.1, 0.15) is 18.7 Å². The molecule has 2 aromatic rings. The monoisotopic (exact) mass is 373 g/mol. The van der Waals surface area contributed by atoms with Crippen molar-refractivity contribution in [3.8, 4) is 11.5 Å². The van der Waals surface area contributed by atoms with Gasteiger partial charge in [-0.2, -0.15) is 0 Å². The maximum Gasteiger partial charge on any atom is 0.319 e. The Morgan fingerprint density at radius 2 is 2.15 bits per heavy atom. The molecule has 0 spiro atoms. The van der Waals surface area contributed by atoms with Gasteiger partial charge in [0, 0.05) is 51.5 Å². The van der Waals surface area contributed by atoms with Gasteiger partial charge in [-0.1, -0.05) is 0 Å². The normalized spacial score (nSPS) is 17.2. The summed E-state index contributed by atoms with van der Waals surface area (Å²) in [5, 5.41) is 13.6. The molecular weight excluding hydrogens is 346 g/mol. The third-order valence-electron chi connectivity index (χ3n) is 4.66. The molecule has 1 fully saturated rings. The van der Waals surface area contributed by atoms with E-state index in [4.69, 9.17) is 9.15 Å². The van der Waals surface area contributed by atoms with Gasteiger partial charge in [-0.3, -0.25) is 0 Å². The lowest BCUT2D eigenvalue weighted by atomic mass is 10.1. The van der Waals surface area contributed by atoms with Gasteiger partial charge in [0.2, 0.25) is 11.8 Å². The molecule has 8 nitrogen and oxygen atoms in total. The molecule has 2 amide bonds. The van der Waals surface area contributed by atoms with E-state index in [1.807, 2.05) is 24.3 Å². The van der Waals surface area contributed by atoms with Gasteiger partial charge in [0.15, 0.2) is 0 Å². The Hall–Kier alpha value is -2.45. The van der Waals surface area contributed by atoms with E-state index in [1.165, 1.54) is 0 Å². The van der Waals surface area contributed by atoms with Crippen molar-refractivity contribution in [2.24, 2.45) is 5.92 Å². The van der Waals surface area contributed by atoms with E-state index in [9.17, 15) is 4.79 Å². The first-order chi connectivity index (χ1) is 13.1. The molecule has 2 heterocycles. The highest BCUT2D eigenvalue weighted by molar-refractivity contribution is 5.89. The number of amides is 2. The van der Waals surface area contributed by atoms with Crippen LogP contribution in [0.5, 0.6) is 0 Å². The fourth-order valence-corrected chi connectivity index (χ4v) is 3.24. The molecule has 1 saturated heterocycles. The number of hydrogen-bond acceptors (Lipinski definition) is 6. The lowest BCUT2D eigenvalue weighted by Crippen LogP contribution is -2.34. The summed E-state index contributed by atoms with van der Waals surface area (Å²) in [7, 11) is 1.73. The van der Waals surface area contributed by atoms with Crippen LogP contribution in [0.2, 0.25) is 0 Å². The second-order valence-corrected chi connectivity index (χ2v) is 6.84. The summed E-state index contributed by atoms with van der Waals surface area (Å²) < 4.78 is 10.5. The summed E-state index contributed by atoms with van der Waals surface area (Å²) in [5.74, 6) is 1.50. The molecule has 1 aromatic heterocycles. The average molecular weight is 373 g/mol. The highest BCUT2D eigenvalue weighted by atomic mass is 16.5. The Bertz CT molecular complexity index is 731. The second kappa shape index (κ2) is 9.48. The van der Waals surface area contributed by atoms with Gasteiger partial charge in [0.05, 0.1) is 0 Å². The first kappa shape index (κ1) is 19.3. The Morgan fingerprint density at radius 1 is 1.33 bits per heavy atom. The number of nitrogens with zero attached hydrogens (tertiary/aromatic N) is 3. The zero-order valence-electron chi connectivity index (χ0n) is 15.9. The number of anilines is 1. The van der Waals surface area contributed by atoms with Crippen LogP contribution < -0.4 is 10.6 Å². The fourth-order valence-electron chi connectivity index (χ4n) is 3.24. The summed E-state index contributed by atoms with van der Waals surface area (Å²) in [6.07, 6.45) is 2.17. The zero-order valence-corrected chi connectivity index (χ0v) is 15.9. The molecule has 0 bridgehead atoms. The van der Waals surface area contributed by atoms with Gasteiger partial charge in [0.1, 0.15) is 0 Å². The maximum atomic E-state index is 12.1. The van der Waals surface area contributed by atoms with E-state index < -0.39 is 0 Å². The summed E-state index contributed by atoms with van der Waals surface area (Å²) in [6, 6.07) is 7.15. The van der Waals surface area contributed by atoms with Crippen molar-refractivity contribution in [1.29, 1.82) is 0 Å². The SMILES string of the molecule is COCCCN1CC[C@@H](CNC(=O)Nc2ccc(-c3nnc(C)o3)cc2)C1. The first-order valence-electron chi connectivity index (χ1n) is 9.30. The Kier molecular flexibility index (Phi) is 6.78. The predicted molar refractivity (Wildman–Crippen MR) is 103 cm³/mol. The topological polar surface area (TPSA) is 92.5 Å². The number of nitrogens with one attached hydrogen (secondary N) is 2. The summed E-state index contributed by atoms with van der Waals surface area (Å²) in [6.45, 7) is 6.41. The van der Waals surface area contributed by atoms with Gasteiger partial charge < -0.3 is 24.7 Å². The molecule has 1 aromatic carbocycles. The molecule has 0 saturated carbocycles. The maximum absolute atomic E-state index is 12.1. The van der Waals surface area contributed by atoms with Gasteiger partial charge in [0.25, 0.3) is 0 Å². The number of benzene rings is 1. The molecule has 1 aliphatic rings. The minimum Gasteiger partial charge on any atom is -0.421 e. The highest BCUT2D eigenvalue weighted by Crippen LogP contribution is 2.20. The molecule has 0 radical (unpaired) electrons. The molecule has 2 N–H and O–H groups in total.